The Bertz CT molecular complexity index is 465. The molecule has 0 radical (unpaired) electrons. The predicted molar refractivity (Wildman–Crippen MR) is 58.0 cm³/mol. The van der Waals surface area contributed by atoms with Gasteiger partial charge in [0.25, 0.3) is 0 Å². The summed E-state index contributed by atoms with van der Waals surface area (Å²) in [4.78, 5) is 3.87. The number of nitrogens with zero attached hydrogens (tertiary/aromatic N) is 2. The van der Waals surface area contributed by atoms with E-state index in [0.717, 1.165) is 5.69 Å². The van der Waals surface area contributed by atoms with E-state index in [1.165, 1.54) is 6.33 Å². The normalized spacial score (nSPS) is 10.4. The molecule has 0 spiro atoms. The molecule has 0 saturated carbocycles. The highest BCUT2D eigenvalue weighted by atomic mass is 35.5. The van der Waals surface area contributed by atoms with Gasteiger partial charge in [0.05, 0.1) is 11.4 Å². The van der Waals surface area contributed by atoms with E-state index < -0.39 is 0 Å². The van der Waals surface area contributed by atoms with Gasteiger partial charge in [0.2, 0.25) is 0 Å². The lowest BCUT2D eigenvalue weighted by Crippen LogP contribution is -1.97. The maximum absolute atomic E-state index is 5.93. The van der Waals surface area contributed by atoms with Gasteiger partial charge in [-0.25, -0.2) is 4.98 Å². The van der Waals surface area contributed by atoms with E-state index in [1.807, 2.05) is 18.2 Å². The Morgan fingerprint density at radius 1 is 1.21 bits per heavy atom. The third kappa shape index (κ3) is 1.45. The second-order valence-corrected chi connectivity index (χ2v) is 3.47. The molecule has 0 aliphatic carbocycles. The monoisotopic (exact) mass is 227 g/mol. The van der Waals surface area contributed by atoms with Crippen LogP contribution in [0.25, 0.3) is 5.69 Å². The molecule has 1 aromatic heterocycles. The number of imidazole rings is 1. The number of halogens is 2. The quantitative estimate of drug-likeness (QED) is 0.762. The van der Waals surface area contributed by atoms with Gasteiger partial charge in [0.1, 0.15) is 6.33 Å². The Hall–Kier alpha value is -1.19. The minimum atomic E-state index is 0.273. The summed E-state index contributed by atoms with van der Waals surface area (Å²) in [6.07, 6.45) is 1.54. The molecule has 0 amide bonds. The van der Waals surface area contributed by atoms with Crippen molar-refractivity contribution in [2.75, 3.05) is 5.73 Å². The van der Waals surface area contributed by atoms with Crippen molar-refractivity contribution < 1.29 is 0 Å². The van der Waals surface area contributed by atoms with Crippen LogP contribution in [0, 0.1) is 0 Å². The van der Waals surface area contributed by atoms with E-state index in [9.17, 15) is 0 Å². The van der Waals surface area contributed by atoms with Gasteiger partial charge in [-0.2, -0.15) is 0 Å². The molecule has 0 aliphatic heterocycles. The molecule has 72 valence electrons. The number of hydrogen-bond acceptors (Lipinski definition) is 2. The molecule has 5 heteroatoms. The topological polar surface area (TPSA) is 43.8 Å². The number of benzene rings is 1. The van der Waals surface area contributed by atoms with Crippen molar-refractivity contribution in [3.05, 3.63) is 40.9 Å². The number of rotatable bonds is 1. The molecule has 14 heavy (non-hydrogen) atoms. The smallest absolute Gasteiger partial charge is 0.166 e. The highest BCUT2D eigenvalue weighted by Gasteiger charge is 2.09. The van der Waals surface area contributed by atoms with Gasteiger partial charge in [0, 0.05) is 0 Å². The molecule has 3 nitrogen and oxygen atoms in total. The number of nitrogen functional groups attached to an aromatic ring is 1. The second kappa shape index (κ2) is 3.52. The van der Waals surface area contributed by atoms with Crippen LogP contribution < -0.4 is 5.73 Å². The maximum atomic E-state index is 5.93. The van der Waals surface area contributed by atoms with Crippen molar-refractivity contribution in [3.63, 3.8) is 0 Å². The summed E-state index contributed by atoms with van der Waals surface area (Å²) >= 11 is 11.7. The first-order chi connectivity index (χ1) is 6.70. The number of aromatic nitrogens is 2. The van der Waals surface area contributed by atoms with E-state index in [-0.39, 0.29) is 5.15 Å². The summed E-state index contributed by atoms with van der Waals surface area (Å²) in [6.45, 7) is 0. The molecule has 2 aromatic rings. The maximum Gasteiger partial charge on any atom is 0.166 e. The summed E-state index contributed by atoms with van der Waals surface area (Å²) in [5.74, 6) is 0. The Morgan fingerprint density at radius 3 is 2.50 bits per heavy atom. The van der Waals surface area contributed by atoms with E-state index in [0.29, 0.717) is 10.8 Å². The molecule has 0 saturated heterocycles. The number of nitrogens with two attached hydrogens (primary N) is 1. The lowest BCUT2D eigenvalue weighted by Gasteiger charge is -2.06. The van der Waals surface area contributed by atoms with Gasteiger partial charge in [-0.1, -0.05) is 35.3 Å². The molecule has 0 bridgehead atoms. The lowest BCUT2D eigenvalue weighted by atomic mass is 10.3. The summed E-state index contributed by atoms with van der Waals surface area (Å²) in [7, 11) is 0. The standard InChI is InChI=1S/C9H7Cl2N3/c10-8-9(11)14(5-13-8)7-4-2-1-3-6(7)12/h1-5H,12H2. The first kappa shape index (κ1) is 9.37. The lowest BCUT2D eigenvalue weighted by molar-refractivity contribution is 1.06. The zero-order valence-corrected chi connectivity index (χ0v) is 8.63. The minimum Gasteiger partial charge on any atom is -0.397 e. The van der Waals surface area contributed by atoms with Crippen molar-refractivity contribution in [2.45, 2.75) is 0 Å². The van der Waals surface area contributed by atoms with Crippen LogP contribution in [0.1, 0.15) is 0 Å². The van der Waals surface area contributed by atoms with E-state index >= 15 is 0 Å². The van der Waals surface area contributed by atoms with Crippen LogP contribution in [0.4, 0.5) is 5.69 Å². The average molecular weight is 228 g/mol. The third-order valence-electron chi connectivity index (χ3n) is 1.86. The van der Waals surface area contributed by atoms with Crippen LogP contribution in [0.5, 0.6) is 0 Å². The zero-order valence-electron chi connectivity index (χ0n) is 7.11. The van der Waals surface area contributed by atoms with Crippen molar-refractivity contribution >= 4 is 28.9 Å². The van der Waals surface area contributed by atoms with Crippen LogP contribution >= 0.6 is 23.2 Å². The first-order valence-corrected chi connectivity index (χ1v) is 4.69. The highest BCUT2D eigenvalue weighted by Crippen LogP contribution is 2.26. The van der Waals surface area contributed by atoms with Crippen molar-refractivity contribution in [2.24, 2.45) is 0 Å². The fourth-order valence-corrected chi connectivity index (χ4v) is 1.50. The minimum absolute atomic E-state index is 0.273. The van der Waals surface area contributed by atoms with Gasteiger partial charge >= 0.3 is 0 Å². The highest BCUT2D eigenvalue weighted by molar-refractivity contribution is 6.40. The van der Waals surface area contributed by atoms with E-state index in [1.54, 1.807) is 10.6 Å². The Morgan fingerprint density at radius 2 is 1.93 bits per heavy atom. The van der Waals surface area contributed by atoms with Crippen molar-refractivity contribution in [1.29, 1.82) is 0 Å². The molecular formula is C9H7Cl2N3. The third-order valence-corrected chi connectivity index (χ3v) is 2.60. The van der Waals surface area contributed by atoms with E-state index in [2.05, 4.69) is 4.98 Å². The van der Waals surface area contributed by atoms with Crippen molar-refractivity contribution in [3.8, 4) is 5.69 Å². The van der Waals surface area contributed by atoms with Crippen LogP contribution in [-0.4, -0.2) is 9.55 Å². The van der Waals surface area contributed by atoms with Gasteiger partial charge in [-0.05, 0) is 12.1 Å². The van der Waals surface area contributed by atoms with Crippen LogP contribution in [0.15, 0.2) is 30.6 Å². The predicted octanol–water partition coefficient (Wildman–Crippen LogP) is 2.76. The number of para-hydroxylation sites is 2. The zero-order chi connectivity index (χ0) is 10.1. The molecule has 0 unspecified atom stereocenters. The summed E-state index contributed by atoms with van der Waals surface area (Å²) in [5.41, 5.74) is 7.18. The Kier molecular flexibility index (Phi) is 2.35. The molecule has 2 N–H and O–H groups in total. The Balaban J connectivity index is 2.60. The van der Waals surface area contributed by atoms with Gasteiger partial charge in [0.15, 0.2) is 10.3 Å². The Labute approximate surface area is 91.1 Å². The van der Waals surface area contributed by atoms with Crippen LogP contribution in [0.3, 0.4) is 0 Å². The molecule has 0 atom stereocenters. The van der Waals surface area contributed by atoms with Crippen molar-refractivity contribution in [1.82, 2.24) is 9.55 Å². The fourth-order valence-electron chi connectivity index (χ4n) is 1.19. The summed E-state index contributed by atoms with van der Waals surface area (Å²) < 4.78 is 1.64. The first-order valence-electron chi connectivity index (χ1n) is 3.93. The van der Waals surface area contributed by atoms with Crippen LogP contribution in [-0.2, 0) is 0 Å². The fraction of sp³-hybridized carbons (Fsp3) is 0. The summed E-state index contributed by atoms with van der Waals surface area (Å²) in [5, 5.41) is 0.638. The van der Waals surface area contributed by atoms with E-state index in [4.69, 9.17) is 28.9 Å². The van der Waals surface area contributed by atoms with Crippen LogP contribution in [0.2, 0.25) is 10.3 Å². The molecule has 1 heterocycles. The summed E-state index contributed by atoms with van der Waals surface area (Å²) in [6, 6.07) is 7.36. The molecule has 2 rings (SSSR count). The molecule has 1 aromatic carbocycles. The molecule has 0 aliphatic rings. The average Bonchev–Trinajstić information content (AvgIpc) is 2.49. The largest absolute Gasteiger partial charge is 0.397 e. The van der Waals surface area contributed by atoms with Gasteiger partial charge in [-0.15, -0.1) is 0 Å². The molecule has 0 fully saturated rings. The number of anilines is 1. The van der Waals surface area contributed by atoms with Gasteiger partial charge < -0.3 is 5.73 Å². The number of hydrogen-bond donors (Lipinski definition) is 1. The SMILES string of the molecule is Nc1ccccc1-n1cnc(Cl)c1Cl. The molecular weight excluding hydrogens is 221 g/mol. The van der Waals surface area contributed by atoms with Gasteiger partial charge in [-0.3, -0.25) is 4.57 Å². The second-order valence-electron chi connectivity index (χ2n) is 2.76.